The van der Waals surface area contributed by atoms with E-state index in [1.165, 1.54) is 44.5 Å². The monoisotopic (exact) mass is 252 g/mol. The molecule has 2 nitrogen and oxygen atoms in total. The molecule has 96 valence electrons. The third-order valence-electron chi connectivity index (χ3n) is 3.62. The number of hydrogen-bond donors (Lipinski definition) is 1. The SMILES string of the molecule is CCCC1CNC(C)CN1CCc1ccsc1. The number of nitrogens with one attached hydrogen (secondary N) is 1. The summed E-state index contributed by atoms with van der Waals surface area (Å²) >= 11 is 1.81. The smallest absolute Gasteiger partial charge is 0.0221 e. The van der Waals surface area contributed by atoms with E-state index in [1.807, 2.05) is 0 Å². The molecular weight excluding hydrogens is 228 g/mol. The summed E-state index contributed by atoms with van der Waals surface area (Å²) in [6, 6.07) is 3.64. The molecule has 1 fully saturated rings. The third kappa shape index (κ3) is 3.80. The predicted octanol–water partition coefficient (Wildman–Crippen LogP) is 2.75. The number of thiophene rings is 1. The van der Waals surface area contributed by atoms with Gasteiger partial charge < -0.3 is 5.32 Å². The highest BCUT2D eigenvalue weighted by Crippen LogP contribution is 2.14. The largest absolute Gasteiger partial charge is 0.311 e. The Morgan fingerprint density at radius 2 is 2.41 bits per heavy atom. The predicted molar refractivity (Wildman–Crippen MR) is 75.8 cm³/mol. The average molecular weight is 252 g/mol. The van der Waals surface area contributed by atoms with Gasteiger partial charge in [0.25, 0.3) is 0 Å². The fraction of sp³-hybridized carbons (Fsp3) is 0.714. The van der Waals surface area contributed by atoms with Gasteiger partial charge in [-0.05, 0) is 42.2 Å². The van der Waals surface area contributed by atoms with E-state index < -0.39 is 0 Å². The van der Waals surface area contributed by atoms with Gasteiger partial charge >= 0.3 is 0 Å². The Morgan fingerprint density at radius 3 is 3.12 bits per heavy atom. The summed E-state index contributed by atoms with van der Waals surface area (Å²) in [5.41, 5.74) is 1.50. The van der Waals surface area contributed by atoms with E-state index >= 15 is 0 Å². The zero-order chi connectivity index (χ0) is 12.1. The van der Waals surface area contributed by atoms with Gasteiger partial charge in [0.2, 0.25) is 0 Å². The lowest BCUT2D eigenvalue weighted by molar-refractivity contribution is 0.129. The molecule has 2 unspecified atom stereocenters. The van der Waals surface area contributed by atoms with E-state index in [2.05, 4.69) is 40.9 Å². The van der Waals surface area contributed by atoms with Crippen molar-refractivity contribution in [1.29, 1.82) is 0 Å². The topological polar surface area (TPSA) is 15.3 Å². The van der Waals surface area contributed by atoms with Crippen LogP contribution in [0.15, 0.2) is 16.8 Å². The standard InChI is InChI=1S/C14H24N2S/c1-3-4-14-9-15-12(2)10-16(14)7-5-13-6-8-17-11-13/h6,8,11-12,14-15H,3-5,7,9-10H2,1-2H3. The molecule has 1 saturated heterocycles. The molecule has 0 aromatic carbocycles. The number of rotatable bonds is 5. The normalized spacial score (nSPS) is 26.2. The summed E-state index contributed by atoms with van der Waals surface area (Å²) in [4.78, 5) is 2.68. The molecule has 1 aliphatic rings. The van der Waals surface area contributed by atoms with Crippen LogP contribution in [0.3, 0.4) is 0 Å². The maximum Gasteiger partial charge on any atom is 0.0221 e. The molecule has 1 N–H and O–H groups in total. The van der Waals surface area contributed by atoms with Crippen LogP contribution in [0.5, 0.6) is 0 Å². The van der Waals surface area contributed by atoms with Crippen molar-refractivity contribution >= 4 is 11.3 Å². The number of piperazine rings is 1. The lowest BCUT2D eigenvalue weighted by Crippen LogP contribution is -2.55. The molecule has 1 aliphatic heterocycles. The fourth-order valence-electron chi connectivity index (χ4n) is 2.63. The fourth-order valence-corrected chi connectivity index (χ4v) is 3.33. The van der Waals surface area contributed by atoms with Crippen LogP contribution in [-0.4, -0.2) is 36.6 Å². The van der Waals surface area contributed by atoms with Gasteiger partial charge in [0.15, 0.2) is 0 Å². The van der Waals surface area contributed by atoms with Gasteiger partial charge in [-0.2, -0.15) is 11.3 Å². The first kappa shape index (κ1) is 13.1. The zero-order valence-electron chi connectivity index (χ0n) is 11.0. The van der Waals surface area contributed by atoms with Gasteiger partial charge in [-0.15, -0.1) is 0 Å². The number of nitrogens with zero attached hydrogens (tertiary/aromatic N) is 1. The van der Waals surface area contributed by atoms with Crippen molar-refractivity contribution in [2.24, 2.45) is 0 Å². The van der Waals surface area contributed by atoms with E-state index in [4.69, 9.17) is 0 Å². The highest BCUT2D eigenvalue weighted by molar-refractivity contribution is 7.07. The van der Waals surface area contributed by atoms with Crippen molar-refractivity contribution in [2.45, 2.75) is 45.2 Å². The van der Waals surface area contributed by atoms with Crippen molar-refractivity contribution in [3.8, 4) is 0 Å². The van der Waals surface area contributed by atoms with Crippen LogP contribution in [0.4, 0.5) is 0 Å². The first-order valence-electron chi connectivity index (χ1n) is 6.78. The van der Waals surface area contributed by atoms with Gasteiger partial charge in [0.05, 0.1) is 0 Å². The molecule has 0 saturated carbocycles. The minimum absolute atomic E-state index is 0.644. The first-order chi connectivity index (χ1) is 8.29. The van der Waals surface area contributed by atoms with E-state index in [0.717, 1.165) is 6.04 Å². The zero-order valence-corrected chi connectivity index (χ0v) is 11.8. The molecule has 0 spiro atoms. The van der Waals surface area contributed by atoms with Crippen LogP contribution >= 0.6 is 11.3 Å². The summed E-state index contributed by atoms with van der Waals surface area (Å²) in [5, 5.41) is 8.06. The Labute approximate surface area is 109 Å². The molecule has 17 heavy (non-hydrogen) atoms. The second kappa shape index (κ2) is 6.53. The third-order valence-corrected chi connectivity index (χ3v) is 4.35. The Balaban J connectivity index is 1.86. The van der Waals surface area contributed by atoms with Gasteiger partial charge in [-0.3, -0.25) is 4.90 Å². The molecule has 0 radical (unpaired) electrons. The summed E-state index contributed by atoms with van der Waals surface area (Å²) in [6.07, 6.45) is 3.81. The van der Waals surface area contributed by atoms with Crippen LogP contribution in [0.1, 0.15) is 32.3 Å². The molecular formula is C14H24N2S. The second-order valence-electron chi connectivity index (χ2n) is 5.13. The maximum atomic E-state index is 3.60. The summed E-state index contributed by atoms with van der Waals surface area (Å²) < 4.78 is 0. The van der Waals surface area contributed by atoms with Crippen molar-refractivity contribution < 1.29 is 0 Å². The van der Waals surface area contributed by atoms with E-state index in [0.29, 0.717) is 6.04 Å². The molecule has 2 heterocycles. The van der Waals surface area contributed by atoms with Gasteiger partial charge in [-0.1, -0.05) is 13.3 Å². The van der Waals surface area contributed by atoms with Crippen LogP contribution in [-0.2, 0) is 6.42 Å². The van der Waals surface area contributed by atoms with E-state index in [1.54, 1.807) is 11.3 Å². The second-order valence-corrected chi connectivity index (χ2v) is 5.91. The Morgan fingerprint density at radius 1 is 1.53 bits per heavy atom. The summed E-state index contributed by atoms with van der Waals surface area (Å²) in [5.74, 6) is 0. The van der Waals surface area contributed by atoms with E-state index in [9.17, 15) is 0 Å². The summed E-state index contributed by atoms with van der Waals surface area (Å²) in [6.45, 7) is 8.16. The van der Waals surface area contributed by atoms with Crippen molar-refractivity contribution in [1.82, 2.24) is 10.2 Å². The first-order valence-corrected chi connectivity index (χ1v) is 7.72. The maximum absolute atomic E-state index is 3.60. The molecule has 1 aromatic rings. The molecule has 3 heteroatoms. The quantitative estimate of drug-likeness (QED) is 0.867. The Hall–Kier alpha value is -0.380. The Bertz CT molecular complexity index is 310. The van der Waals surface area contributed by atoms with Crippen LogP contribution < -0.4 is 5.32 Å². The van der Waals surface area contributed by atoms with Crippen LogP contribution in [0.2, 0.25) is 0 Å². The molecule has 2 rings (SSSR count). The lowest BCUT2D eigenvalue weighted by Gasteiger charge is -2.39. The molecule has 0 bridgehead atoms. The molecule has 0 amide bonds. The van der Waals surface area contributed by atoms with Gasteiger partial charge in [0, 0.05) is 31.7 Å². The van der Waals surface area contributed by atoms with Gasteiger partial charge in [-0.25, -0.2) is 0 Å². The molecule has 1 aromatic heterocycles. The highest BCUT2D eigenvalue weighted by atomic mass is 32.1. The minimum Gasteiger partial charge on any atom is -0.311 e. The van der Waals surface area contributed by atoms with Crippen molar-refractivity contribution in [2.75, 3.05) is 19.6 Å². The highest BCUT2D eigenvalue weighted by Gasteiger charge is 2.24. The lowest BCUT2D eigenvalue weighted by atomic mass is 10.0. The number of hydrogen-bond acceptors (Lipinski definition) is 3. The minimum atomic E-state index is 0.644. The van der Waals surface area contributed by atoms with Crippen LogP contribution in [0.25, 0.3) is 0 Å². The van der Waals surface area contributed by atoms with Gasteiger partial charge in [0.1, 0.15) is 0 Å². The molecule has 2 atom stereocenters. The molecule has 0 aliphatic carbocycles. The van der Waals surface area contributed by atoms with Crippen molar-refractivity contribution in [3.05, 3.63) is 22.4 Å². The van der Waals surface area contributed by atoms with E-state index in [-0.39, 0.29) is 0 Å². The van der Waals surface area contributed by atoms with Crippen molar-refractivity contribution in [3.63, 3.8) is 0 Å². The summed E-state index contributed by atoms with van der Waals surface area (Å²) in [7, 11) is 0. The average Bonchev–Trinajstić information content (AvgIpc) is 2.82. The Kier molecular flexibility index (Phi) is 5.01. The van der Waals surface area contributed by atoms with Crippen LogP contribution in [0, 0.1) is 0 Å².